The number of benzene rings is 1. The first-order valence-corrected chi connectivity index (χ1v) is 6.38. The van der Waals surface area contributed by atoms with Crippen molar-refractivity contribution >= 4 is 38.5 Å². The highest BCUT2D eigenvalue weighted by atomic mass is 79.9. The van der Waals surface area contributed by atoms with E-state index in [1.807, 2.05) is 31.2 Å². The molecule has 1 heterocycles. The molecule has 0 unspecified atom stereocenters. The number of anilines is 1. The molecule has 0 aliphatic rings. The zero-order valence-electron chi connectivity index (χ0n) is 9.90. The van der Waals surface area contributed by atoms with Gasteiger partial charge >= 0.3 is 5.97 Å². The fourth-order valence-electron chi connectivity index (χ4n) is 1.73. The predicted octanol–water partition coefficient (Wildman–Crippen LogP) is 3.19. The summed E-state index contributed by atoms with van der Waals surface area (Å²) in [5.74, 6) is -0.809. The van der Waals surface area contributed by atoms with E-state index < -0.39 is 5.97 Å². The molecule has 1 aromatic carbocycles. The minimum Gasteiger partial charge on any atom is -0.481 e. The molecule has 2 N–H and O–H groups in total. The third-order valence-electron chi connectivity index (χ3n) is 2.62. The van der Waals surface area contributed by atoms with E-state index >= 15 is 0 Å². The quantitative estimate of drug-likeness (QED) is 0.910. The molecular weight excluding hydrogens is 296 g/mol. The molecule has 0 saturated carbocycles. The summed E-state index contributed by atoms with van der Waals surface area (Å²) in [5.41, 5.74) is 2.68. The summed E-state index contributed by atoms with van der Waals surface area (Å²) in [5, 5.41) is 12.7. The molecule has 2 aromatic rings. The van der Waals surface area contributed by atoms with Crippen molar-refractivity contribution in [3.63, 3.8) is 0 Å². The molecular formula is C13H13BrN2O2. The molecule has 5 heteroatoms. The van der Waals surface area contributed by atoms with E-state index in [9.17, 15) is 4.79 Å². The number of halogens is 1. The highest BCUT2D eigenvalue weighted by Crippen LogP contribution is 2.23. The normalized spacial score (nSPS) is 10.6. The molecule has 4 nitrogen and oxygen atoms in total. The van der Waals surface area contributed by atoms with E-state index in [4.69, 9.17) is 5.11 Å². The molecule has 94 valence electrons. The zero-order valence-corrected chi connectivity index (χ0v) is 11.5. The van der Waals surface area contributed by atoms with Gasteiger partial charge in [-0.05, 0) is 31.2 Å². The van der Waals surface area contributed by atoms with Crippen molar-refractivity contribution in [2.24, 2.45) is 0 Å². The van der Waals surface area contributed by atoms with Crippen LogP contribution in [-0.2, 0) is 4.79 Å². The molecule has 0 spiro atoms. The number of hydrogen-bond acceptors (Lipinski definition) is 3. The maximum absolute atomic E-state index is 10.5. The van der Waals surface area contributed by atoms with Crippen molar-refractivity contribution in [1.82, 2.24) is 4.98 Å². The maximum Gasteiger partial charge on any atom is 0.305 e. The van der Waals surface area contributed by atoms with Gasteiger partial charge in [0.25, 0.3) is 0 Å². The summed E-state index contributed by atoms with van der Waals surface area (Å²) in [4.78, 5) is 15.0. The SMILES string of the molecule is Cc1nc2ccc(Br)cc2cc1NCCC(=O)O. The van der Waals surface area contributed by atoms with Gasteiger partial charge in [0.2, 0.25) is 0 Å². The Bertz CT molecular complexity index is 599. The van der Waals surface area contributed by atoms with Gasteiger partial charge in [-0.15, -0.1) is 0 Å². The van der Waals surface area contributed by atoms with Gasteiger partial charge in [0.15, 0.2) is 0 Å². The van der Waals surface area contributed by atoms with E-state index in [1.54, 1.807) is 0 Å². The van der Waals surface area contributed by atoms with E-state index in [-0.39, 0.29) is 6.42 Å². The second-order valence-corrected chi connectivity index (χ2v) is 4.94. The summed E-state index contributed by atoms with van der Waals surface area (Å²) < 4.78 is 0.997. The van der Waals surface area contributed by atoms with Crippen molar-refractivity contribution in [1.29, 1.82) is 0 Å². The zero-order chi connectivity index (χ0) is 13.1. The Labute approximate surface area is 113 Å². The van der Waals surface area contributed by atoms with Crippen LogP contribution in [0.5, 0.6) is 0 Å². The van der Waals surface area contributed by atoms with Crippen molar-refractivity contribution < 1.29 is 9.90 Å². The van der Waals surface area contributed by atoms with E-state index in [0.29, 0.717) is 6.54 Å². The summed E-state index contributed by atoms with van der Waals surface area (Å²) in [6.45, 7) is 2.31. The Morgan fingerprint density at radius 3 is 2.94 bits per heavy atom. The van der Waals surface area contributed by atoms with Crippen LogP contribution >= 0.6 is 15.9 Å². The van der Waals surface area contributed by atoms with Gasteiger partial charge in [-0.2, -0.15) is 0 Å². The first-order valence-electron chi connectivity index (χ1n) is 5.59. The third kappa shape index (κ3) is 2.98. The van der Waals surface area contributed by atoms with Gasteiger partial charge in [0.05, 0.1) is 23.3 Å². The highest BCUT2D eigenvalue weighted by Gasteiger charge is 2.04. The van der Waals surface area contributed by atoms with Crippen LogP contribution in [0.1, 0.15) is 12.1 Å². The molecule has 0 atom stereocenters. The molecule has 0 bridgehead atoms. The van der Waals surface area contributed by atoms with E-state index in [0.717, 1.165) is 26.8 Å². The molecule has 1 aromatic heterocycles. The van der Waals surface area contributed by atoms with Crippen LogP contribution in [0.25, 0.3) is 10.9 Å². The Morgan fingerprint density at radius 2 is 2.22 bits per heavy atom. The van der Waals surface area contributed by atoms with Crippen LogP contribution in [0, 0.1) is 6.92 Å². The molecule has 0 amide bonds. The molecule has 0 aliphatic carbocycles. The Hall–Kier alpha value is -1.62. The van der Waals surface area contributed by atoms with Crippen molar-refractivity contribution in [2.45, 2.75) is 13.3 Å². The van der Waals surface area contributed by atoms with E-state index in [1.165, 1.54) is 0 Å². The summed E-state index contributed by atoms with van der Waals surface area (Å²) in [7, 11) is 0. The molecule has 0 radical (unpaired) electrons. The van der Waals surface area contributed by atoms with Crippen LogP contribution in [0.4, 0.5) is 5.69 Å². The number of nitrogens with one attached hydrogen (secondary N) is 1. The number of carboxylic acid groups (broad SMARTS) is 1. The van der Waals surface area contributed by atoms with Crippen molar-refractivity contribution in [3.8, 4) is 0 Å². The van der Waals surface area contributed by atoms with Crippen LogP contribution in [0.3, 0.4) is 0 Å². The minimum atomic E-state index is -0.809. The monoisotopic (exact) mass is 308 g/mol. The van der Waals surface area contributed by atoms with E-state index in [2.05, 4.69) is 26.2 Å². The Balaban J connectivity index is 2.27. The number of aromatic nitrogens is 1. The average Bonchev–Trinajstić information content (AvgIpc) is 2.30. The van der Waals surface area contributed by atoms with Crippen LogP contribution < -0.4 is 5.32 Å². The summed E-state index contributed by atoms with van der Waals surface area (Å²) in [6, 6.07) is 7.88. The Morgan fingerprint density at radius 1 is 1.44 bits per heavy atom. The number of rotatable bonds is 4. The fraction of sp³-hybridized carbons (Fsp3) is 0.231. The predicted molar refractivity (Wildman–Crippen MR) is 74.9 cm³/mol. The number of fused-ring (bicyclic) bond motifs is 1. The topological polar surface area (TPSA) is 62.2 Å². The standard InChI is InChI=1S/C13H13BrN2O2/c1-8-12(15-5-4-13(17)18)7-9-6-10(14)2-3-11(9)16-8/h2-3,6-7,15H,4-5H2,1H3,(H,17,18). The summed E-state index contributed by atoms with van der Waals surface area (Å²) in [6.07, 6.45) is 0.0932. The van der Waals surface area contributed by atoms with Gasteiger partial charge in [-0.3, -0.25) is 9.78 Å². The third-order valence-corrected chi connectivity index (χ3v) is 3.11. The largest absolute Gasteiger partial charge is 0.481 e. The number of hydrogen-bond donors (Lipinski definition) is 2. The number of carboxylic acids is 1. The number of aliphatic carboxylic acids is 1. The van der Waals surface area contributed by atoms with Crippen molar-refractivity contribution in [2.75, 3.05) is 11.9 Å². The van der Waals surface area contributed by atoms with Gasteiger partial charge in [0.1, 0.15) is 0 Å². The molecule has 0 fully saturated rings. The lowest BCUT2D eigenvalue weighted by Crippen LogP contribution is -2.08. The molecule has 0 aliphatic heterocycles. The van der Waals surface area contributed by atoms with Gasteiger partial charge in [0, 0.05) is 16.4 Å². The summed E-state index contributed by atoms with van der Waals surface area (Å²) >= 11 is 3.42. The number of carbonyl (C=O) groups is 1. The van der Waals surface area contributed by atoms with Crippen LogP contribution in [-0.4, -0.2) is 22.6 Å². The molecule has 0 saturated heterocycles. The van der Waals surface area contributed by atoms with Crippen LogP contribution in [0.2, 0.25) is 0 Å². The lowest BCUT2D eigenvalue weighted by atomic mass is 10.2. The van der Waals surface area contributed by atoms with Gasteiger partial charge < -0.3 is 10.4 Å². The number of pyridine rings is 1. The average molecular weight is 309 g/mol. The van der Waals surface area contributed by atoms with Crippen LogP contribution in [0.15, 0.2) is 28.7 Å². The molecule has 18 heavy (non-hydrogen) atoms. The lowest BCUT2D eigenvalue weighted by molar-refractivity contribution is -0.136. The molecule has 2 rings (SSSR count). The lowest BCUT2D eigenvalue weighted by Gasteiger charge is -2.09. The number of nitrogens with zero attached hydrogens (tertiary/aromatic N) is 1. The number of aryl methyl sites for hydroxylation is 1. The van der Waals surface area contributed by atoms with Crippen molar-refractivity contribution in [3.05, 3.63) is 34.4 Å². The Kier molecular flexibility index (Phi) is 3.81. The second-order valence-electron chi connectivity index (χ2n) is 4.03. The van der Waals surface area contributed by atoms with Gasteiger partial charge in [-0.25, -0.2) is 0 Å². The maximum atomic E-state index is 10.5. The first-order chi connectivity index (χ1) is 8.56. The van der Waals surface area contributed by atoms with Gasteiger partial charge in [-0.1, -0.05) is 15.9 Å². The fourth-order valence-corrected chi connectivity index (χ4v) is 2.11. The minimum absolute atomic E-state index is 0.0932. The second kappa shape index (κ2) is 5.35. The first kappa shape index (κ1) is 12.8. The highest BCUT2D eigenvalue weighted by molar-refractivity contribution is 9.10. The smallest absolute Gasteiger partial charge is 0.305 e.